The fourth-order valence-electron chi connectivity index (χ4n) is 2.60. The van der Waals surface area contributed by atoms with Crippen LogP contribution in [0.4, 0.5) is 10.1 Å². The highest BCUT2D eigenvalue weighted by Crippen LogP contribution is 2.27. The number of methoxy groups -OCH3 is 1. The van der Waals surface area contributed by atoms with E-state index in [-0.39, 0.29) is 18.2 Å². The van der Waals surface area contributed by atoms with Gasteiger partial charge in [-0.25, -0.2) is 4.39 Å². The lowest BCUT2D eigenvalue weighted by Crippen LogP contribution is -2.35. The monoisotopic (exact) mass is 361 g/mol. The van der Waals surface area contributed by atoms with Crippen LogP contribution >= 0.6 is 0 Å². The zero-order chi connectivity index (χ0) is 19.3. The molecule has 1 unspecified atom stereocenters. The second-order valence-corrected chi connectivity index (χ2v) is 5.85. The Bertz CT molecular complexity index is 811. The van der Waals surface area contributed by atoms with Gasteiger partial charge in [-0.3, -0.25) is 14.9 Å². The third-order valence-corrected chi connectivity index (χ3v) is 3.99. The summed E-state index contributed by atoms with van der Waals surface area (Å²) >= 11 is 0. The van der Waals surface area contributed by atoms with Crippen molar-refractivity contribution < 1.29 is 18.8 Å². The summed E-state index contributed by atoms with van der Waals surface area (Å²) in [5.74, 6) is -0.892. The average molecular weight is 361 g/mol. The van der Waals surface area contributed by atoms with Gasteiger partial charge in [0.05, 0.1) is 29.7 Å². The Morgan fingerprint density at radius 3 is 2.58 bits per heavy atom. The number of nitrogens with zero attached hydrogens (tertiary/aromatic N) is 2. The number of ether oxygens (including phenoxy) is 1. The number of rotatable bonds is 7. The van der Waals surface area contributed by atoms with Crippen molar-refractivity contribution in [1.82, 2.24) is 10.2 Å². The van der Waals surface area contributed by atoms with Crippen LogP contribution in [-0.2, 0) is 0 Å². The zero-order valence-corrected chi connectivity index (χ0v) is 14.7. The molecular weight excluding hydrogens is 341 g/mol. The second kappa shape index (κ2) is 8.39. The molecule has 0 aliphatic rings. The van der Waals surface area contributed by atoms with Gasteiger partial charge in [-0.2, -0.15) is 0 Å². The molecule has 0 aliphatic heterocycles. The Morgan fingerprint density at radius 2 is 2.00 bits per heavy atom. The molecule has 0 fully saturated rings. The van der Waals surface area contributed by atoms with Crippen molar-refractivity contribution in [2.45, 2.75) is 6.04 Å². The first-order chi connectivity index (χ1) is 12.3. The molecule has 0 aliphatic carbocycles. The molecule has 1 N–H and O–H groups in total. The summed E-state index contributed by atoms with van der Waals surface area (Å²) in [6, 6.07) is 10.2. The number of nitro groups is 1. The van der Waals surface area contributed by atoms with Crippen molar-refractivity contribution in [1.29, 1.82) is 0 Å². The van der Waals surface area contributed by atoms with E-state index in [9.17, 15) is 19.3 Å². The van der Waals surface area contributed by atoms with Crippen LogP contribution in [0.2, 0.25) is 0 Å². The summed E-state index contributed by atoms with van der Waals surface area (Å²) in [6.07, 6.45) is 0. The summed E-state index contributed by atoms with van der Waals surface area (Å²) in [5, 5.41) is 13.3. The van der Waals surface area contributed by atoms with Crippen LogP contribution in [0, 0.1) is 15.9 Å². The number of para-hydroxylation sites is 1. The number of nitro benzene ring substituents is 1. The van der Waals surface area contributed by atoms with E-state index in [2.05, 4.69) is 5.32 Å². The smallest absolute Gasteiger partial charge is 0.272 e. The molecule has 0 spiro atoms. The van der Waals surface area contributed by atoms with Gasteiger partial charge < -0.3 is 15.0 Å². The maximum atomic E-state index is 14.0. The molecule has 2 aromatic rings. The first kappa shape index (κ1) is 19.3. The SMILES string of the molecule is COc1ccccc1C(CNC(=O)c1ccc([N+](=O)[O-])cc1F)N(C)C. The summed E-state index contributed by atoms with van der Waals surface area (Å²) in [4.78, 5) is 24.1. The van der Waals surface area contributed by atoms with Crippen LogP contribution in [0.25, 0.3) is 0 Å². The normalized spacial score (nSPS) is 11.9. The van der Waals surface area contributed by atoms with Crippen molar-refractivity contribution in [3.63, 3.8) is 0 Å². The van der Waals surface area contributed by atoms with Crippen LogP contribution in [0.15, 0.2) is 42.5 Å². The van der Waals surface area contributed by atoms with Gasteiger partial charge in [0.2, 0.25) is 0 Å². The van der Waals surface area contributed by atoms with Crippen molar-refractivity contribution >= 4 is 11.6 Å². The van der Waals surface area contributed by atoms with Gasteiger partial charge in [0.15, 0.2) is 0 Å². The molecule has 7 nitrogen and oxygen atoms in total. The Labute approximate surface area is 150 Å². The zero-order valence-electron chi connectivity index (χ0n) is 14.7. The first-order valence-electron chi connectivity index (χ1n) is 7.86. The number of benzene rings is 2. The van der Waals surface area contributed by atoms with E-state index in [4.69, 9.17) is 4.74 Å². The van der Waals surface area contributed by atoms with E-state index in [1.165, 1.54) is 0 Å². The van der Waals surface area contributed by atoms with E-state index in [1.54, 1.807) is 7.11 Å². The molecule has 0 radical (unpaired) electrons. The largest absolute Gasteiger partial charge is 0.496 e. The minimum Gasteiger partial charge on any atom is -0.496 e. The maximum absolute atomic E-state index is 14.0. The number of carbonyl (C=O) groups is 1. The van der Waals surface area contributed by atoms with Gasteiger partial charge in [-0.05, 0) is 26.2 Å². The molecule has 8 heteroatoms. The van der Waals surface area contributed by atoms with E-state index in [0.717, 1.165) is 23.8 Å². The van der Waals surface area contributed by atoms with Crippen molar-refractivity contribution in [2.24, 2.45) is 0 Å². The third kappa shape index (κ3) is 4.34. The third-order valence-electron chi connectivity index (χ3n) is 3.99. The number of hydrogen-bond donors (Lipinski definition) is 1. The number of amides is 1. The van der Waals surface area contributed by atoms with Gasteiger partial charge in [-0.1, -0.05) is 18.2 Å². The second-order valence-electron chi connectivity index (χ2n) is 5.85. The molecule has 138 valence electrons. The molecule has 26 heavy (non-hydrogen) atoms. The first-order valence-corrected chi connectivity index (χ1v) is 7.86. The predicted molar refractivity (Wildman–Crippen MR) is 94.8 cm³/mol. The number of non-ortho nitro benzene ring substituents is 1. The van der Waals surface area contributed by atoms with Gasteiger partial charge in [-0.15, -0.1) is 0 Å². The van der Waals surface area contributed by atoms with E-state index < -0.39 is 22.3 Å². The van der Waals surface area contributed by atoms with Crippen molar-refractivity contribution in [3.05, 3.63) is 69.5 Å². The van der Waals surface area contributed by atoms with E-state index >= 15 is 0 Å². The summed E-state index contributed by atoms with van der Waals surface area (Å²) in [7, 11) is 5.28. The Kier molecular flexibility index (Phi) is 6.24. The number of likely N-dealkylation sites (N-methyl/N-ethyl adjacent to an activating group) is 1. The summed E-state index contributed by atoms with van der Waals surface area (Å²) < 4.78 is 19.3. The fraction of sp³-hybridized carbons (Fsp3) is 0.278. The maximum Gasteiger partial charge on any atom is 0.272 e. The molecule has 0 heterocycles. The van der Waals surface area contributed by atoms with Gasteiger partial charge >= 0.3 is 0 Å². The van der Waals surface area contributed by atoms with Gasteiger partial charge in [0.25, 0.3) is 11.6 Å². The van der Waals surface area contributed by atoms with Gasteiger partial charge in [0.1, 0.15) is 11.6 Å². The molecule has 1 atom stereocenters. The van der Waals surface area contributed by atoms with E-state index in [1.807, 2.05) is 43.3 Å². The van der Waals surface area contributed by atoms with Crippen molar-refractivity contribution in [2.75, 3.05) is 27.7 Å². The molecular formula is C18H20FN3O4. The highest BCUT2D eigenvalue weighted by atomic mass is 19.1. The molecule has 1 amide bonds. The molecule has 0 saturated heterocycles. The Hall–Kier alpha value is -3.00. The molecule has 2 aromatic carbocycles. The number of carbonyl (C=O) groups excluding carboxylic acids is 1. The standard InChI is InChI=1S/C18H20FN3O4/c1-21(2)16(14-6-4-5-7-17(14)26-3)11-20-18(23)13-9-8-12(22(24)25)10-15(13)19/h4-10,16H,11H2,1-3H3,(H,20,23). The summed E-state index contributed by atoms with van der Waals surface area (Å²) in [5.41, 5.74) is 0.233. The average Bonchev–Trinajstić information content (AvgIpc) is 2.61. The van der Waals surface area contributed by atoms with Crippen LogP contribution in [-0.4, -0.2) is 43.5 Å². The Balaban J connectivity index is 2.17. The van der Waals surface area contributed by atoms with Gasteiger partial charge in [0, 0.05) is 18.2 Å². The quantitative estimate of drug-likeness (QED) is 0.605. The van der Waals surface area contributed by atoms with Crippen LogP contribution in [0.1, 0.15) is 22.0 Å². The lowest BCUT2D eigenvalue weighted by molar-refractivity contribution is -0.385. The lowest BCUT2D eigenvalue weighted by atomic mass is 10.0. The lowest BCUT2D eigenvalue weighted by Gasteiger charge is -2.26. The summed E-state index contributed by atoms with van der Waals surface area (Å²) in [6.45, 7) is 0.211. The highest BCUT2D eigenvalue weighted by Gasteiger charge is 2.21. The predicted octanol–water partition coefficient (Wildman–Crippen LogP) is 2.78. The molecule has 2 rings (SSSR count). The molecule has 0 saturated carbocycles. The molecule has 0 bridgehead atoms. The number of nitrogens with one attached hydrogen (secondary N) is 1. The fourth-order valence-corrected chi connectivity index (χ4v) is 2.60. The van der Waals surface area contributed by atoms with Crippen molar-refractivity contribution in [3.8, 4) is 5.75 Å². The minimum atomic E-state index is -0.935. The van der Waals surface area contributed by atoms with Crippen LogP contribution in [0.5, 0.6) is 5.75 Å². The van der Waals surface area contributed by atoms with E-state index in [0.29, 0.717) is 5.75 Å². The highest BCUT2D eigenvalue weighted by molar-refractivity contribution is 5.94. The topological polar surface area (TPSA) is 84.7 Å². The minimum absolute atomic E-state index is 0.198. The Morgan fingerprint density at radius 1 is 1.31 bits per heavy atom. The molecule has 0 aromatic heterocycles. The number of hydrogen-bond acceptors (Lipinski definition) is 5. The van der Waals surface area contributed by atoms with Crippen LogP contribution < -0.4 is 10.1 Å². The van der Waals surface area contributed by atoms with Crippen LogP contribution in [0.3, 0.4) is 0 Å². The number of halogens is 1.